The molecule has 0 bridgehead atoms. The number of carbonyl (C=O) groups excluding carboxylic acids is 1. The van der Waals surface area contributed by atoms with E-state index in [4.69, 9.17) is 5.73 Å². The SMILES string of the molecule is CSCC[C@H](N)C(=O)Nc1cccc(C(C)C)c1.Cl. The van der Waals surface area contributed by atoms with Crippen LogP contribution in [0, 0.1) is 0 Å². The molecule has 5 heteroatoms. The van der Waals surface area contributed by atoms with E-state index < -0.39 is 6.04 Å². The van der Waals surface area contributed by atoms with Crippen LogP contribution in [-0.4, -0.2) is 24.0 Å². The van der Waals surface area contributed by atoms with Gasteiger partial charge in [0.25, 0.3) is 0 Å². The van der Waals surface area contributed by atoms with E-state index in [-0.39, 0.29) is 18.3 Å². The third-order valence-electron chi connectivity index (χ3n) is 2.79. The lowest BCUT2D eigenvalue weighted by Gasteiger charge is -2.13. The lowest BCUT2D eigenvalue weighted by Crippen LogP contribution is -2.36. The van der Waals surface area contributed by atoms with E-state index in [0.717, 1.165) is 11.4 Å². The molecule has 0 spiro atoms. The maximum absolute atomic E-state index is 11.9. The van der Waals surface area contributed by atoms with Gasteiger partial charge in [-0.2, -0.15) is 11.8 Å². The van der Waals surface area contributed by atoms with Crippen molar-refractivity contribution in [2.45, 2.75) is 32.2 Å². The second-order valence-corrected chi connectivity index (χ2v) is 5.64. The smallest absolute Gasteiger partial charge is 0.241 e. The van der Waals surface area contributed by atoms with Crippen LogP contribution in [-0.2, 0) is 4.79 Å². The number of halogens is 1. The average Bonchev–Trinajstić information content (AvgIpc) is 2.36. The third kappa shape index (κ3) is 6.32. The summed E-state index contributed by atoms with van der Waals surface area (Å²) >= 11 is 1.70. The number of hydrogen-bond donors (Lipinski definition) is 2. The summed E-state index contributed by atoms with van der Waals surface area (Å²) in [5, 5.41) is 2.87. The van der Waals surface area contributed by atoms with Crippen LogP contribution in [0.15, 0.2) is 24.3 Å². The number of carbonyl (C=O) groups is 1. The summed E-state index contributed by atoms with van der Waals surface area (Å²) in [6, 6.07) is 7.49. The first-order valence-corrected chi connectivity index (χ1v) is 7.59. The van der Waals surface area contributed by atoms with Crippen LogP contribution in [0.1, 0.15) is 31.7 Å². The van der Waals surface area contributed by atoms with Crippen LogP contribution in [0.25, 0.3) is 0 Å². The molecule has 0 radical (unpaired) electrons. The summed E-state index contributed by atoms with van der Waals surface area (Å²) in [5.41, 5.74) is 7.86. The maximum atomic E-state index is 11.9. The molecule has 0 saturated heterocycles. The Hall–Kier alpha value is -0.710. The van der Waals surface area contributed by atoms with Gasteiger partial charge in [0.2, 0.25) is 5.91 Å². The maximum Gasteiger partial charge on any atom is 0.241 e. The molecule has 1 amide bonds. The van der Waals surface area contributed by atoms with Crippen molar-refractivity contribution in [1.29, 1.82) is 0 Å². The molecule has 0 unspecified atom stereocenters. The molecule has 0 aliphatic carbocycles. The molecule has 0 aliphatic rings. The van der Waals surface area contributed by atoms with Gasteiger partial charge in [0.1, 0.15) is 0 Å². The number of nitrogens with one attached hydrogen (secondary N) is 1. The second-order valence-electron chi connectivity index (χ2n) is 4.66. The molecule has 1 rings (SSSR count). The van der Waals surface area contributed by atoms with E-state index in [1.807, 2.05) is 24.5 Å². The highest BCUT2D eigenvalue weighted by Crippen LogP contribution is 2.18. The van der Waals surface area contributed by atoms with Crippen molar-refractivity contribution >= 4 is 35.8 Å². The Labute approximate surface area is 126 Å². The Balaban J connectivity index is 0.00000324. The van der Waals surface area contributed by atoms with E-state index in [1.165, 1.54) is 5.56 Å². The highest BCUT2D eigenvalue weighted by molar-refractivity contribution is 7.98. The van der Waals surface area contributed by atoms with Crippen LogP contribution < -0.4 is 11.1 Å². The fraction of sp³-hybridized carbons (Fsp3) is 0.500. The van der Waals surface area contributed by atoms with Gasteiger partial charge in [0, 0.05) is 5.69 Å². The van der Waals surface area contributed by atoms with Crippen molar-refractivity contribution in [3.05, 3.63) is 29.8 Å². The number of hydrogen-bond acceptors (Lipinski definition) is 3. The van der Waals surface area contributed by atoms with Crippen LogP contribution in [0.4, 0.5) is 5.69 Å². The number of nitrogens with two attached hydrogens (primary N) is 1. The molecule has 3 N–H and O–H groups in total. The Morgan fingerprint density at radius 1 is 1.42 bits per heavy atom. The summed E-state index contributed by atoms with van der Waals surface area (Å²) < 4.78 is 0. The average molecular weight is 303 g/mol. The van der Waals surface area contributed by atoms with Gasteiger partial charge in [0.05, 0.1) is 6.04 Å². The normalized spacial score (nSPS) is 11.8. The fourth-order valence-electron chi connectivity index (χ4n) is 1.59. The summed E-state index contributed by atoms with van der Waals surface area (Å²) in [6.07, 6.45) is 2.72. The van der Waals surface area contributed by atoms with Gasteiger partial charge in [-0.3, -0.25) is 4.79 Å². The van der Waals surface area contributed by atoms with Crippen LogP contribution in [0.5, 0.6) is 0 Å². The van der Waals surface area contributed by atoms with Gasteiger partial charge in [-0.15, -0.1) is 12.4 Å². The Morgan fingerprint density at radius 2 is 2.11 bits per heavy atom. The molecule has 0 aliphatic heterocycles. The van der Waals surface area contributed by atoms with E-state index in [0.29, 0.717) is 12.3 Å². The molecule has 1 atom stereocenters. The lowest BCUT2D eigenvalue weighted by molar-refractivity contribution is -0.117. The van der Waals surface area contributed by atoms with Crippen LogP contribution in [0.3, 0.4) is 0 Å². The first kappa shape index (κ1) is 18.3. The molecular formula is C14H23ClN2OS. The van der Waals surface area contributed by atoms with Crippen molar-refractivity contribution in [2.24, 2.45) is 5.73 Å². The standard InChI is InChI=1S/C14H22N2OS.ClH/c1-10(2)11-5-4-6-12(9-11)16-14(17)13(15)7-8-18-3;/h4-6,9-10,13H,7-8,15H2,1-3H3,(H,16,17);1H/t13-;/m0./s1. The van der Waals surface area contributed by atoms with E-state index >= 15 is 0 Å². The van der Waals surface area contributed by atoms with E-state index in [9.17, 15) is 4.79 Å². The number of thioether (sulfide) groups is 1. The van der Waals surface area contributed by atoms with Gasteiger partial charge in [-0.25, -0.2) is 0 Å². The summed E-state index contributed by atoms with van der Waals surface area (Å²) in [7, 11) is 0. The summed E-state index contributed by atoms with van der Waals surface area (Å²) in [6.45, 7) is 4.26. The minimum absolute atomic E-state index is 0. The molecule has 1 aromatic carbocycles. The number of benzene rings is 1. The van der Waals surface area contributed by atoms with Crippen molar-refractivity contribution in [3.63, 3.8) is 0 Å². The minimum Gasteiger partial charge on any atom is -0.325 e. The number of rotatable bonds is 6. The number of amides is 1. The third-order valence-corrected chi connectivity index (χ3v) is 3.43. The summed E-state index contributed by atoms with van der Waals surface area (Å²) in [4.78, 5) is 11.9. The minimum atomic E-state index is -0.430. The highest BCUT2D eigenvalue weighted by atomic mass is 35.5. The van der Waals surface area contributed by atoms with E-state index in [2.05, 4.69) is 25.2 Å². The van der Waals surface area contributed by atoms with E-state index in [1.54, 1.807) is 11.8 Å². The zero-order valence-corrected chi connectivity index (χ0v) is 13.3. The topological polar surface area (TPSA) is 55.1 Å². The first-order chi connectivity index (χ1) is 8.54. The largest absolute Gasteiger partial charge is 0.325 e. The van der Waals surface area contributed by atoms with Crippen molar-refractivity contribution in [3.8, 4) is 0 Å². The summed E-state index contributed by atoms with van der Waals surface area (Å²) in [5.74, 6) is 1.25. The van der Waals surface area contributed by atoms with Gasteiger partial charge >= 0.3 is 0 Å². The quantitative estimate of drug-likeness (QED) is 0.848. The first-order valence-electron chi connectivity index (χ1n) is 6.20. The lowest BCUT2D eigenvalue weighted by atomic mass is 10.0. The monoisotopic (exact) mass is 302 g/mol. The Kier molecular flexibility index (Phi) is 8.89. The van der Waals surface area contributed by atoms with Crippen molar-refractivity contribution < 1.29 is 4.79 Å². The van der Waals surface area contributed by atoms with Crippen molar-refractivity contribution in [1.82, 2.24) is 0 Å². The molecule has 108 valence electrons. The molecule has 0 aromatic heterocycles. The predicted molar refractivity (Wildman–Crippen MR) is 87.4 cm³/mol. The fourth-order valence-corrected chi connectivity index (χ4v) is 2.08. The zero-order valence-electron chi connectivity index (χ0n) is 11.7. The van der Waals surface area contributed by atoms with Gasteiger partial charge in [-0.1, -0.05) is 26.0 Å². The Bertz CT molecular complexity index is 399. The van der Waals surface area contributed by atoms with Gasteiger partial charge < -0.3 is 11.1 Å². The van der Waals surface area contributed by atoms with Crippen LogP contribution >= 0.6 is 24.2 Å². The zero-order chi connectivity index (χ0) is 13.5. The molecule has 1 aromatic rings. The molecular weight excluding hydrogens is 280 g/mol. The number of anilines is 1. The van der Waals surface area contributed by atoms with Gasteiger partial charge in [0.15, 0.2) is 0 Å². The van der Waals surface area contributed by atoms with Gasteiger partial charge in [-0.05, 0) is 42.0 Å². The molecule has 3 nitrogen and oxygen atoms in total. The van der Waals surface area contributed by atoms with Crippen LogP contribution in [0.2, 0.25) is 0 Å². The molecule has 0 fully saturated rings. The molecule has 0 saturated carbocycles. The predicted octanol–water partition coefficient (Wildman–Crippen LogP) is 3.25. The Morgan fingerprint density at radius 3 is 2.68 bits per heavy atom. The molecule has 19 heavy (non-hydrogen) atoms. The highest BCUT2D eigenvalue weighted by Gasteiger charge is 2.13. The molecule has 0 heterocycles. The second kappa shape index (κ2) is 9.23. The van der Waals surface area contributed by atoms with Crippen molar-refractivity contribution in [2.75, 3.05) is 17.3 Å².